The van der Waals surface area contributed by atoms with Crippen LogP contribution in [0.15, 0.2) is 0 Å². The summed E-state index contributed by atoms with van der Waals surface area (Å²) in [6, 6.07) is 0. The van der Waals surface area contributed by atoms with Crippen molar-refractivity contribution in [3.8, 4) is 0 Å². The molecule has 0 aromatic rings. The minimum atomic E-state index is -3.55. The summed E-state index contributed by atoms with van der Waals surface area (Å²) in [6.07, 6.45) is 2.96. The number of sulfonamides is 1. The molecule has 0 radical (unpaired) electrons. The SMILES string of the molecule is CCCN(CC(=O)O)S(=O)(=O)CC1CCCCO1. The average Bonchev–Trinajstić information content (AvgIpc) is 2.28. The molecule has 0 aromatic carbocycles. The van der Waals surface area contributed by atoms with Crippen LogP contribution in [-0.4, -0.2) is 55.4 Å². The van der Waals surface area contributed by atoms with E-state index in [9.17, 15) is 13.2 Å². The Kier molecular flexibility index (Phi) is 6.04. The smallest absolute Gasteiger partial charge is 0.318 e. The highest BCUT2D eigenvalue weighted by Crippen LogP contribution is 2.16. The molecule has 6 nitrogen and oxygen atoms in total. The standard InChI is InChI=1S/C11H21NO5S/c1-2-6-12(8-11(13)14)18(15,16)9-10-5-3-4-7-17-10/h10H,2-9H2,1H3,(H,13,14). The Morgan fingerprint density at radius 1 is 1.44 bits per heavy atom. The van der Waals surface area contributed by atoms with Crippen LogP contribution in [0.25, 0.3) is 0 Å². The Bertz CT molecular complexity index is 362. The van der Waals surface area contributed by atoms with Gasteiger partial charge in [-0.3, -0.25) is 4.79 Å². The van der Waals surface area contributed by atoms with Crippen molar-refractivity contribution in [3.05, 3.63) is 0 Å². The number of nitrogens with zero attached hydrogens (tertiary/aromatic N) is 1. The summed E-state index contributed by atoms with van der Waals surface area (Å²) in [4.78, 5) is 10.7. The van der Waals surface area contributed by atoms with E-state index in [-0.39, 0.29) is 18.4 Å². The molecule has 18 heavy (non-hydrogen) atoms. The van der Waals surface area contributed by atoms with E-state index >= 15 is 0 Å². The minimum Gasteiger partial charge on any atom is -0.480 e. The zero-order chi connectivity index (χ0) is 13.6. The molecule has 1 aliphatic rings. The van der Waals surface area contributed by atoms with Gasteiger partial charge in [0.05, 0.1) is 11.9 Å². The molecule has 0 aromatic heterocycles. The summed E-state index contributed by atoms with van der Waals surface area (Å²) in [6.45, 7) is 2.18. The molecule has 106 valence electrons. The van der Waals surface area contributed by atoms with Gasteiger partial charge in [0.2, 0.25) is 10.0 Å². The van der Waals surface area contributed by atoms with E-state index in [0.29, 0.717) is 13.0 Å². The first-order valence-corrected chi connectivity index (χ1v) is 7.88. The molecule has 1 unspecified atom stereocenters. The first kappa shape index (κ1) is 15.4. The first-order chi connectivity index (χ1) is 8.45. The number of carbonyl (C=O) groups is 1. The number of hydrogen-bond donors (Lipinski definition) is 1. The number of hydrogen-bond acceptors (Lipinski definition) is 4. The fourth-order valence-electron chi connectivity index (χ4n) is 2.00. The number of aliphatic carboxylic acids is 1. The molecule has 1 fully saturated rings. The second-order valence-corrected chi connectivity index (χ2v) is 6.51. The van der Waals surface area contributed by atoms with E-state index in [1.54, 1.807) is 0 Å². The fraction of sp³-hybridized carbons (Fsp3) is 0.909. The predicted molar refractivity (Wildman–Crippen MR) is 66.9 cm³/mol. The van der Waals surface area contributed by atoms with E-state index in [2.05, 4.69) is 0 Å². The zero-order valence-electron chi connectivity index (χ0n) is 10.7. The normalized spacial score (nSPS) is 21.1. The molecule has 0 bridgehead atoms. The number of carboxylic acids is 1. The zero-order valence-corrected chi connectivity index (χ0v) is 11.5. The Balaban J connectivity index is 2.64. The van der Waals surface area contributed by atoms with E-state index < -0.39 is 22.5 Å². The third-order valence-corrected chi connectivity index (χ3v) is 4.74. The Labute approximate surface area is 108 Å². The van der Waals surface area contributed by atoms with Crippen molar-refractivity contribution >= 4 is 16.0 Å². The van der Waals surface area contributed by atoms with Crippen molar-refractivity contribution in [1.82, 2.24) is 4.31 Å². The largest absolute Gasteiger partial charge is 0.480 e. The van der Waals surface area contributed by atoms with Crippen LogP contribution >= 0.6 is 0 Å². The predicted octanol–water partition coefficient (Wildman–Crippen LogP) is 0.682. The van der Waals surface area contributed by atoms with Gasteiger partial charge in [0.25, 0.3) is 0 Å². The van der Waals surface area contributed by atoms with E-state index in [0.717, 1.165) is 23.6 Å². The molecule has 1 saturated heterocycles. The monoisotopic (exact) mass is 279 g/mol. The van der Waals surface area contributed by atoms with Gasteiger partial charge >= 0.3 is 5.97 Å². The lowest BCUT2D eigenvalue weighted by molar-refractivity contribution is -0.137. The molecule has 1 atom stereocenters. The van der Waals surface area contributed by atoms with Crippen molar-refractivity contribution in [1.29, 1.82) is 0 Å². The molecular weight excluding hydrogens is 258 g/mol. The highest BCUT2D eigenvalue weighted by molar-refractivity contribution is 7.89. The van der Waals surface area contributed by atoms with Crippen molar-refractivity contribution < 1.29 is 23.1 Å². The van der Waals surface area contributed by atoms with Gasteiger partial charge in [-0.2, -0.15) is 4.31 Å². The van der Waals surface area contributed by atoms with Crippen molar-refractivity contribution in [2.75, 3.05) is 25.4 Å². The highest BCUT2D eigenvalue weighted by atomic mass is 32.2. The Morgan fingerprint density at radius 2 is 2.17 bits per heavy atom. The Hall–Kier alpha value is -0.660. The van der Waals surface area contributed by atoms with Crippen molar-refractivity contribution in [3.63, 3.8) is 0 Å². The van der Waals surface area contributed by atoms with E-state index in [1.165, 1.54) is 0 Å². The molecule has 0 aliphatic carbocycles. The summed E-state index contributed by atoms with van der Waals surface area (Å²) in [5, 5.41) is 8.74. The quantitative estimate of drug-likeness (QED) is 0.741. The maximum Gasteiger partial charge on any atom is 0.318 e. The molecule has 1 heterocycles. The van der Waals surface area contributed by atoms with Crippen molar-refractivity contribution in [2.45, 2.75) is 38.7 Å². The molecule has 0 amide bonds. The van der Waals surface area contributed by atoms with Crippen LogP contribution < -0.4 is 0 Å². The van der Waals surface area contributed by atoms with Gasteiger partial charge in [-0.05, 0) is 25.7 Å². The van der Waals surface area contributed by atoms with Gasteiger partial charge in [-0.25, -0.2) is 8.42 Å². The van der Waals surface area contributed by atoms with Gasteiger partial charge in [0.15, 0.2) is 0 Å². The topological polar surface area (TPSA) is 83.9 Å². The van der Waals surface area contributed by atoms with E-state index in [4.69, 9.17) is 9.84 Å². The lowest BCUT2D eigenvalue weighted by Crippen LogP contribution is -2.41. The molecule has 1 rings (SSSR count). The molecule has 1 aliphatic heterocycles. The summed E-state index contributed by atoms with van der Waals surface area (Å²) in [5.41, 5.74) is 0. The minimum absolute atomic E-state index is 0.111. The first-order valence-electron chi connectivity index (χ1n) is 6.27. The van der Waals surface area contributed by atoms with Gasteiger partial charge in [-0.1, -0.05) is 6.92 Å². The van der Waals surface area contributed by atoms with Crippen LogP contribution in [0, 0.1) is 0 Å². The van der Waals surface area contributed by atoms with Gasteiger partial charge in [-0.15, -0.1) is 0 Å². The molecular formula is C11H21NO5S. The maximum atomic E-state index is 12.1. The molecule has 0 spiro atoms. The molecule has 0 saturated carbocycles. The molecule has 1 N–H and O–H groups in total. The van der Waals surface area contributed by atoms with Crippen LogP contribution in [0.5, 0.6) is 0 Å². The summed E-state index contributed by atoms with van der Waals surface area (Å²) < 4.78 is 30.6. The van der Waals surface area contributed by atoms with Crippen LogP contribution in [0.2, 0.25) is 0 Å². The number of ether oxygens (including phenoxy) is 1. The fourth-order valence-corrected chi connectivity index (χ4v) is 3.71. The third-order valence-electron chi connectivity index (χ3n) is 2.85. The number of carboxylic acid groups (broad SMARTS) is 1. The van der Waals surface area contributed by atoms with Crippen molar-refractivity contribution in [2.24, 2.45) is 0 Å². The van der Waals surface area contributed by atoms with Gasteiger partial charge in [0.1, 0.15) is 6.54 Å². The van der Waals surface area contributed by atoms with Crippen LogP contribution in [0.3, 0.4) is 0 Å². The Morgan fingerprint density at radius 3 is 2.67 bits per heavy atom. The summed E-state index contributed by atoms with van der Waals surface area (Å²) >= 11 is 0. The second-order valence-electron chi connectivity index (χ2n) is 4.49. The second kappa shape index (κ2) is 7.06. The van der Waals surface area contributed by atoms with Crippen LogP contribution in [0.1, 0.15) is 32.6 Å². The number of rotatable bonds is 7. The lowest BCUT2D eigenvalue weighted by atomic mass is 10.1. The lowest BCUT2D eigenvalue weighted by Gasteiger charge is -2.26. The maximum absolute atomic E-state index is 12.1. The van der Waals surface area contributed by atoms with Gasteiger partial charge in [0, 0.05) is 13.2 Å². The third kappa shape index (κ3) is 4.91. The average molecular weight is 279 g/mol. The summed E-state index contributed by atoms with van der Waals surface area (Å²) in [7, 11) is -3.55. The van der Waals surface area contributed by atoms with Gasteiger partial charge < -0.3 is 9.84 Å². The van der Waals surface area contributed by atoms with E-state index in [1.807, 2.05) is 6.92 Å². The highest BCUT2D eigenvalue weighted by Gasteiger charge is 2.28. The molecule has 7 heteroatoms. The van der Waals surface area contributed by atoms with Crippen LogP contribution in [-0.2, 0) is 19.6 Å². The summed E-state index contributed by atoms with van der Waals surface area (Å²) in [5.74, 6) is -1.24. The van der Waals surface area contributed by atoms with Crippen LogP contribution in [0.4, 0.5) is 0 Å².